The minimum absolute atomic E-state index is 0.0440. The molecule has 2 bridgehead atoms. The van der Waals surface area contributed by atoms with Crippen molar-refractivity contribution in [3.05, 3.63) is 0 Å². The Labute approximate surface area is 103 Å². The number of carbonyl (C=O) groups excluding carboxylic acids is 1. The Hall–Kier alpha value is -0.650. The molecule has 5 nitrogen and oxygen atoms in total. The van der Waals surface area contributed by atoms with Crippen LogP contribution in [-0.2, 0) is 9.53 Å². The van der Waals surface area contributed by atoms with Gasteiger partial charge in [0.15, 0.2) is 0 Å². The maximum absolute atomic E-state index is 10.5. The fourth-order valence-corrected chi connectivity index (χ4v) is 3.22. The first kappa shape index (κ1) is 12.8. The fourth-order valence-electron chi connectivity index (χ4n) is 3.22. The third-order valence-corrected chi connectivity index (χ3v) is 4.03. The van der Waals surface area contributed by atoms with E-state index in [1.807, 2.05) is 0 Å². The van der Waals surface area contributed by atoms with Crippen molar-refractivity contribution >= 4 is 5.91 Å². The van der Waals surface area contributed by atoms with Gasteiger partial charge in [0.25, 0.3) is 0 Å². The number of rotatable bonds is 6. The summed E-state index contributed by atoms with van der Waals surface area (Å²) in [5.74, 6) is -0.387. The number of primary amides is 1. The van der Waals surface area contributed by atoms with Crippen LogP contribution in [0.2, 0.25) is 0 Å². The van der Waals surface area contributed by atoms with Gasteiger partial charge in [-0.05, 0) is 32.7 Å². The molecule has 5 heteroatoms. The number of ether oxygens (including phenoxy) is 1. The smallest absolute Gasteiger partial charge is 0.243 e. The molecule has 0 aromatic rings. The Morgan fingerprint density at radius 1 is 1.41 bits per heavy atom. The van der Waals surface area contributed by atoms with Gasteiger partial charge < -0.3 is 15.8 Å². The minimum atomic E-state index is -0.387. The zero-order chi connectivity index (χ0) is 12.3. The number of nitrogens with zero attached hydrogens (tertiary/aromatic N) is 1. The van der Waals surface area contributed by atoms with Crippen LogP contribution in [0.15, 0.2) is 0 Å². The van der Waals surface area contributed by atoms with Gasteiger partial charge in [-0.1, -0.05) is 0 Å². The average molecular weight is 241 g/mol. The van der Waals surface area contributed by atoms with Crippen molar-refractivity contribution in [3.63, 3.8) is 0 Å². The molecular formula is C12H23N3O2. The molecule has 2 aliphatic rings. The van der Waals surface area contributed by atoms with E-state index in [1.165, 1.54) is 25.7 Å². The Bertz CT molecular complexity index is 258. The maximum atomic E-state index is 10.5. The quantitative estimate of drug-likeness (QED) is 0.627. The van der Waals surface area contributed by atoms with E-state index in [2.05, 4.69) is 17.3 Å². The normalized spacial score (nSPS) is 32.9. The van der Waals surface area contributed by atoms with Crippen LogP contribution in [0.1, 0.15) is 25.7 Å². The summed E-state index contributed by atoms with van der Waals surface area (Å²) in [5.41, 5.74) is 5.03. The molecule has 2 aliphatic heterocycles. The van der Waals surface area contributed by atoms with Crippen LogP contribution in [0.5, 0.6) is 0 Å². The Morgan fingerprint density at radius 2 is 2.06 bits per heavy atom. The Balaban J connectivity index is 1.73. The summed E-state index contributed by atoms with van der Waals surface area (Å²) < 4.78 is 5.24. The molecule has 0 aromatic heterocycles. The van der Waals surface area contributed by atoms with E-state index in [0.717, 1.165) is 6.54 Å². The van der Waals surface area contributed by atoms with Gasteiger partial charge in [0.2, 0.25) is 5.91 Å². The van der Waals surface area contributed by atoms with E-state index in [9.17, 15) is 4.79 Å². The zero-order valence-electron chi connectivity index (χ0n) is 10.5. The monoisotopic (exact) mass is 241 g/mol. The molecule has 2 saturated heterocycles. The average Bonchev–Trinajstić information content (AvgIpc) is 2.55. The second-order valence-electron chi connectivity index (χ2n) is 5.10. The first-order valence-corrected chi connectivity index (χ1v) is 6.49. The van der Waals surface area contributed by atoms with Crippen molar-refractivity contribution in [1.29, 1.82) is 0 Å². The summed E-state index contributed by atoms with van der Waals surface area (Å²) in [5, 5.41) is 3.39. The molecule has 2 fully saturated rings. The lowest BCUT2D eigenvalue weighted by molar-refractivity contribution is -0.122. The number of fused-ring (bicyclic) bond motifs is 2. The van der Waals surface area contributed by atoms with Crippen LogP contribution < -0.4 is 11.1 Å². The van der Waals surface area contributed by atoms with Crippen LogP contribution in [0.3, 0.4) is 0 Å². The van der Waals surface area contributed by atoms with Crippen LogP contribution in [-0.4, -0.2) is 55.7 Å². The molecule has 17 heavy (non-hydrogen) atoms. The highest BCUT2D eigenvalue weighted by Gasteiger charge is 2.39. The lowest BCUT2D eigenvalue weighted by Crippen LogP contribution is -2.49. The first-order valence-electron chi connectivity index (χ1n) is 6.49. The number of hydrogen-bond acceptors (Lipinski definition) is 4. The van der Waals surface area contributed by atoms with E-state index < -0.39 is 0 Å². The van der Waals surface area contributed by atoms with Gasteiger partial charge in [0.05, 0.1) is 6.61 Å². The van der Waals surface area contributed by atoms with Gasteiger partial charge >= 0.3 is 0 Å². The predicted molar refractivity (Wildman–Crippen MR) is 65.6 cm³/mol. The second kappa shape index (κ2) is 5.80. The Kier molecular flexibility index (Phi) is 4.36. The van der Waals surface area contributed by atoms with Crippen molar-refractivity contribution in [2.24, 2.45) is 5.73 Å². The molecule has 98 valence electrons. The number of carbonyl (C=O) groups is 1. The molecule has 2 atom stereocenters. The maximum Gasteiger partial charge on any atom is 0.243 e. The largest absolute Gasteiger partial charge is 0.370 e. The predicted octanol–water partition coefficient (Wildman–Crippen LogP) is -0.297. The molecule has 0 radical (unpaired) electrons. The van der Waals surface area contributed by atoms with Crippen LogP contribution in [0.4, 0.5) is 0 Å². The topological polar surface area (TPSA) is 67.6 Å². The summed E-state index contributed by atoms with van der Waals surface area (Å²) in [6.45, 7) is 1.58. The lowest BCUT2D eigenvalue weighted by Gasteiger charge is -2.38. The molecule has 0 spiro atoms. The highest BCUT2D eigenvalue weighted by atomic mass is 16.5. The van der Waals surface area contributed by atoms with E-state index >= 15 is 0 Å². The van der Waals surface area contributed by atoms with Gasteiger partial charge in [-0.2, -0.15) is 0 Å². The lowest BCUT2D eigenvalue weighted by atomic mass is 9.97. The van der Waals surface area contributed by atoms with E-state index in [-0.39, 0.29) is 12.5 Å². The second-order valence-corrected chi connectivity index (χ2v) is 5.10. The molecule has 2 rings (SSSR count). The summed E-state index contributed by atoms with van der Waals surface area (Å²) in [4.78, 5) is 13.1. The molecular weight excluding hydrogens is 218 g/mol. The SMILES string of the molecule is CNC1CC2CCC(C1)N2CCOCC(N)=O. The van der Waals surface area contributed by atoms with Gasteiger partial charge in [-0.3, -0.25) is 9.69 Å². The van der Waals surface area contributed by atoms with Gasteiger partial charge in [0, 0.05) is 24.7 Å². The molecule has 1 amide bonds. The molecule has 3 N–H and O–H groups in total. The van der Waals surface area contributed by atoms with Crippen LogP contribution in [0, 0.1) is 0 Å². The van der Waals surface area contributed by atoms with E-state index in [4.69, 9.17) is 10.5 Å². The molecule has 2 heterocycles. The van der Waals surface area contributed by atoms with Crippen LogP contribution in [0.25, 0.3) is 0 Å². The van der Waals surface area contributed by atoms with Gasteiger partial charge in [0.1, 0.15) is 6.61 Å². The summed E-state index contributed by atoms with van der Waals surface area (Å²) >= 11 is 0. The number of hydrogen-bond donors (Lipinski definition) is 2. The summed E-state index contributed by atoms with van der Waals surface area (Å²) in [7, 11) is 2.05. The summed E-state index contributed by atoms with van der Waals surface area (Å²) in [6.07, 6.45) is 5.09. The third-order valence-electron chi connectivity index (χ3n) is 4.03. The van der Waals surface area contributed by atoms with Crippen molar-refractivity contribution in [2.75, 3.05) is 26.8 Å². The van der Waals surface area contributed by atoms with E-state index in [0.29, 0.717) is 24.7 Å². The van der Waals surface area contributed by atoms with E-state index in [1.54, 1.807) is 0 Å². The zero-order valence-corrected chi connectivity index (χ0v) is 10.5. The van der Waals surface area contributed by atoms with Crippen molar-refractivity contribution in [1.82, 2.24) is 10.2 Å². The molecule has 0 aromatic carbocycles. The first-order chi connectivity index (χ1) is 8.20. The number of nitrogens with two attached hydrogens (primary N) is 1. The van der Waals surface area contributed by atoms with Gasteiger partial charge in [-0.25, -0.2) is 0 Å². The van der Waals surface area contributed by atoms with Gasteiger partial charge in [-0.15, -0.1) is 0 Å². The number of piperidine rings is 1. The summed E-state index contributed by atoms with van der Waals surface area (Å²) in [6, 6.07) is 2.07. The van der Waals surface area contributed by atoms with Crippen molar-refractivity contribution < 1.29 is 9.53 Å². The number of nitrogens with one attached hydrogen (secondary N) is 1. The molecule has 2 unspecified atom stereocenters. The standard InChI is InChI=1S/C12H23N3O2/c1-14-9-6-10-2-3-11(7-9)15(10)4-5-17-8-12(13)16/h9-11,14H,2-8H2,1H3,(H2,13,16). The fraction of sp³-hybridized carbons (Fsp3) is 0.917. The number of amides is 1. The molecule has 0 aliphatic carbocycles. The van der Waals surface area contributed by atoms with Crippen molar-refractivity contribution in [3.8, 4) is 0 Å². The van der Waals surface area contributed by atoms with Crippen molar-refractivity contribution in [2.45, 2.75) is 43.8 Å². The highest BCUT2D eigenvalue weighted by Crippen LogP contribution is 2.35. The third kappa shape index (κ3) is 3.18. The highest BCUT2D eigenvalue weighted by molar-refractivity contribution is 5.74. The molecule has 0 saturated carbocycles. The minimum Gasteiger partial charge on any atom is -0.370 e. The Morgan fingerprint density at radius 3 is 2.59 bits per heavy atom. The van der Waals surface area contributed by atoms with Crippen LogP contribution >= 0.6 is 0 Å².